The molecule has 0 radical (unpaired) electrons. The number of nitrogens with zero attached hydrogens (tertiary/aromatic N) is 2. The van der Waals surface area contributed by atoms with E-state index >= 15 is 0 Å². The zero-order valence-electron chi connectivity index (χ0n) is 13.6. The minimum absolute atomic E-state index is 0.267. The fourth-order valence-corrected chi connectivity index (χ4v) is 2.39. The van der Waals surface area contributed by atoms with Gasteiger partial charge in [0.25, 0.3) is 5.89 Å². The Morgan fingerprint density at radius 1 is 1.04 bits per heavy atom. The Kier molecular flexibility index (Phi) is 4.42. The normalized spacial score (nSPS) is 11.0. The van der Waals surface area contributed by atoms with Crippen molar-refractivity contribution in [2.75, 3.05) is 0 Å². The molecule has 0 saturated carbocycles. The van der Waals surface area contributed by atoms with Crippen LogP contribution in [-0.2, 0) is 6.61 Å². The quantitative estimate of drug-likeness (QED) is 0.682. The summed E-state index contributed by atoms with van der Waals surface area (Å²) in [4.78, 5) is 0. The van der Waals surface area contributed by atoms with Crippen molar-refractivity contribution in [3.05, 3.63) is 65.5 Å². The van der Waals surface area contributed by atoms with E-state index in [4.69, 9.17) is 9.15 Å². The van der Waals surface area contributed by atoms with E-state index in [1.54, 1.807) is 0 Å². The fourth-order valence-electron chi connectivity index (χ4n) is 2.39. The molecule has 1 heterocycles. The maximum atomic E-state index is 5.92. The van der Waals surface area contributed by atoms with Gasteiger partial charge in [0.1, 0.15) is 5.75 Å². The first kappa shape index (κ1) is 15.3. The molecule has 23 heavy (non-hydrogen) atoms. The molecule has 0 fully saturated rings. The topological polar surface area (TPSA) is 48.2 Å². The predicted molar refractivity (Wildman–Crippen MR) is 89.3 cm³/mol. The van der Waals surface area contributed by atoms with Gasteiger partial charge in [0, 0.05) is 5.56 Å². The average molecular weight is 308 g/mol. The maximum absolute atomic E-state index is 5.92. The van der Waals surface area contributed by atoms with Gasteiger partial charge in [0.2, 0.25) is 5.89 Å². The van der Waals surface area contributed by atoms with Crippen molar-refractivity contribution in [3.63, 3.8) is 0 Å². The van der Waals surface area contributed by atoms with E-state index < -0.39 is 0 Å². The molecule has 4 nitrogen and oxygen atoms in total. The van der Waals surface area contributed by atoms with Gasteiger partial charge in [0.15, 0.2) is 6.61 Å². The van der Waals surface area contributed by atoms with Crippen LogP contribution >= 0.6 is 0 Å². The molecule has 0 N–H and O–H groups in total. The fraction of sp³-hybridized carbons (Fsp3) is 0.263. The van der Waals surface area contributed by atoms with Crippen molar-refractivity contribution in [1.29, 1.82) is 0 Å². The predicted octanol–water partition coefficient (Wildman–Crippen LogP) is 4.75. The molecule has 0 amide bonds. The summed E-state index contributed by atoms with van der Waals surface area (Å²) >= 11 is 0. The van der Waals surface area contributed by atoms with Crippen LogP contribution in [0.5, 0.6) is 5.75 Å². The lowest BCUT2D eigenvalue weighted by Gasteiger charge is -2.13. The Balaban J connectivity index is 1.75. The number of benzene rings is 2. The molecule has 4 heteroatoms. The van der Waals surface area contributed by atoms with E-state index in [2.05, 4.69) is 43.1 Å². The van der Waals surface area contributed by atoms with Crippen LogP contribution in [0.1, 0.15) is 36.8 Å². The highest BCUT2D eigenvalue weighted by Crippen LogP contribution is 2.28. The molecule has 118 valence electrons. The summed E-state index contributed by atoms with van der Waals surface area (Å²) in [5.74, 6) is 2.25. The molecule has 0 aliphatic heterocycles. The summed E-state index contributed by atoms with van der Waals surface area (Å²) in [6.07, 6.45) is 0. The Bertz CT molecular complexity index is 779. The smallest absolute Gasteiger partial charge is 0.254 e. The molecule has 0 saturated heterocycles. The zero-order chi connectivity index (χ0) is 16.2. The number of hydrogen-bond donors (Lipinski definition) is 0. The Hall–Kier alpha value is -2.62. The zero-order valence-corrected chi connectivity index (χ0v) is 13.6. The number of aryl methyl sites for hydroxylation is 1. The highest BCUT2D eigenvalue weighted by atomic mass is 16.5. The summed E-state index contributed by atoms with van der Waals surface area (Å²) in [5.41, 5.74) is 3.25. The van der Waals surface area contributed by atoms with Gasteiger partial charge in [0.05, 0.1) is 0 Å². The Morgan fingerprint density at radius 2 is 1.83 bits per heavy atom. The van der Waals surface area contributed by atoms with Gasteiger partial charge in [-0.2, -0.15) is 0 Å². The molecule has 3 aromatic rings. The van der Waals surface area contributed by atoms with E-state index in [-0.39, 0.29) is 6.61 Å². The van der Waals surface area contributed by atoms with Gasteiger partial charge in [-0.3, -0.25) is 0 Å². The van der Waals surface area contributed by atoms with Gasteiger partial charge in [-0.25, -0.2) is 0 Å². The first-order chi connectivity index (χ1) is 11.1. The number of hydrogen-bond acceptors (Lipinski definition) is 4. The summed E-state index contributed by atoms with van der Waals surface area (Å²) < 4.78 is 11.6. The lowest BCUT2D eigenvalue weighted by Crippen LogP contribution is -2.00. The van der Waals surface area contributed by atoms with Crippen LogP contribution < -0.4 is 4.74 Å². The van der Waals surface area contributed by atoms with Crippen molar-refractivity contribution in [2.24, 2.45) is 0 Å². The van der Waals surface area contributed by atoms with E-state index in [1.807, 2.05) is 36.4 Å². The molecule has 0 bridgehead atoms. The summed E-state index contributed by atoms with van der Waals surface area (Å²) in [6, 6.07) is 16.0. The maximum Gasteiger partial charge on any atom is 0.254 e. The number of rotatable bonds is 5. The van der Waals surface area contributed by atoms with Crippen LogP contribution in [0.4, 0.5) is 0 Å². The monoisotopic (exact) mass is 308 g/mol. The third kappa shape index (κ3) is 3.59. The van der Waals surface area contributed by atoms with Crippen LogP contribution in [0.25, 0.3) is 11.5 Å². The average Bonchev–Trinajstić information content (AvgIpc) is 3.02. The van der Waals surface area contributed by atoms with Gasteiger partial charge < -0.3 is 9.15 Å². The van der Waals surface area contributed by atoms with Crippen molar-refractivity contribution in [3.8, 4) is 17.2 Å². The summed E-state index contributed by atoms with van der Waals surface area (Å²) in [7, 11) is 0. The van der Waals surface area contributed by atoms with Crippen molar-refractivity contribution in [1.82, 2.24) is 10.2 Å². The molecule has 0 spiro atoms. The SMILES string of the molecule is Cc1ccc(C(C)C)c(OCc2nnc(-c3ccccc3)o2)c1. The molecular weight excluding hydrogens is 288 g/mol. The standard InChI is InChI=1S/C19H20N2O2/c1-13(2)16-10-9-14(3)11-17(16)22-12-18-20-21-19(23-18)15-7-5-4-6-8-15/h4-11,13H,12H2,1-3H3. The molecule has 1 aromatic heterocycles. The third-order valence-electron chi connectivity index (χ3n) is 3.63. The van der Waals surface area contributed by atoms with Crippen LogP contribution in [-0.4, -0.2) is 10.2 Å². The van der Waals surface area contributed by atoms with Crippen LogP contribution in [0.15, 0.2) is 52.9 Å². The lowest BCUT2D eigenvalue weighted by molar-refractivity contribution is 0.261. The van der Waals surface area contributed by atoms with E-state index in [9.17, 15) is 0 Å². The second-order valence-electron chi connectivity index (χ2n) is 5.85. The second-order valence-corrected chi connectivity index (χ2v) is 5.85. The first-order valence-electron chi connectivity index (χ1n) is 7.74. The van der Waals surface area contributed by atoms with Crippen molar-refractivity contribution < 1.29 is 9.15 Å². The largest absolute Gasteiger partial charge is 0.484 e. The van der Waals surface area contributed by atoms with E-state index in [0.717, 1.165) is 11.3 Å². The van der Waals surface area contributed by atoms with E-state index in [0.29, 0.717) is 17.7 Å². The van der Waals surface area contributed by atoms with E-state index in [1.165, 1.54) is 11.1 Å². The van der Waals surface area contributed by atoms with Crippen LogP contribution in [0, 0.1) is 6.92 Å². The van der Waals surface area contributed by atoms with Crippen molar-refractivity contribution in [2.45, 2.75) is 33.3 Å². The highest BCUT2D eigenvalue weighted by molar-refractivity contribution is 5.51. The van der Waals surface area contributed by atoms with Gasteiger partial charge in [-0.1, -0.05) is 44.2 Å². The van der Waals surface area contributed by atoms with Gasteiger partial charge in [-0.15, -0.1) is 10.2 Å². The molecule has 3 rings (SSSR count). The lowest BCUT2D eigenvalue weighted by atomic mass is 10.0. The number of ether oxygens (including phenoxy) is 1. The summed E-state index contributed by atoms with van der Waals surface area (Å²) in [6.45, 7) is 6.62. The Labute approximate surface area is 136 Å². The highest BCUT2D eigenvalue weighted by Gasteiger charge is 2.12. The molecule has 0 unspecified atom stereocenters. The molecule has 0 aliphatic rings. The Morgan fingerprint density at radius 3 is 2.57 bits per heavy atom. The molecule has 2 aromatic carbocycles. The van der Waals surface area contributed by atoms with Gasteiger partial charge in [-0.05, 0) is 42.2 Å². The molecule has 0 atom stereocenters. The second kappa shape index (κ2) is 6.65. The number of aromatic nitrogens is 2. The minimum Gasteiger partial charge on any atom is -0.484 e. The van der Waals surface area contributed by atoms with Crippen LogP contribution in [0.2, 0.25) is 0 Å². The third-order valence-corrected chi connectivity index (χ3v) is 3.63. The molecule has 0 aliphatic carbocycles. The van der Waals surface area contributed by atoms with Crippen LogP contribution in [0.3, 0.4) is 0 Å². The molecular formula is C19H20N2O2. The van der Waals surface area contributed by atoms with Crippen molar-refractivity contribution >= 4 is 0 Å². The minimum atomic E-state index is 0.267. The van der Waals surface area contributed by atoms with Gasteiger partial charge >= 0.3 is 0 Å². The first-order valence-corrected chi connectivity index (χ1v) is 7.74. The summed E-state index contributed by atoms with van der Waals surface area (Å²) in [5, 5.41) is 8.14.